The third-order valence-electron chi connectivity index (χ3n) is 1.73. The molecule has 0 N–H and O–H groups in total. The van der Waals surface area contributed by atoms with Gasteiger partial charge in [-0.2, -0.15) is 0 Å². The van der Waals surface area contributed by atoms with Crippen molar-refractivity contribution in [2.45, 2.75) is 20.3 Å². The first-order valence-electron chi connectivity index (χ1n) is 4.72. The highest BCUT2D eigenvalue weighted by Gasteiger charge is 2.00. The summed E-state index contributed by atoms with van der Waals surface area (Å²) in [6, 6.07) is 0. The first kappa shape index (κ1) is 9.72. The van der Waals surface area contributed by atoms with Crippen LogP contribution < -0.4 is 0 Å². The van der Waals surface area contributed by atoms with E-state index >= 15 is 0 Å². The molecule has 13 heavy (non-hydrogen) atoms. The zero-order valence-corrected chi connectivity index (χ0v) is 8.20. The average Bonchev–Trinajstić information content (AvgIpc) is 2.55. The third kappa shape index (κ3) is 2.86. The molecule has 68 valence electrons. The lowest BCUT2D eigenvalue weighted by molar-refractivity contribution is 1.14. The molecule has 0 aromatic heterocycles. The maximum absolute atomic E-state index is 4.26. The van der Waals surface area contributed by atoms with Gasteiger partial charge in [-0.15, -0.1) is 0 Å². The van der Waals surface area contributed by atoms with Crippen LogP contribution in [-0.4, -0.2) is 6.21 Å². The van der Waals surface area contributed by atoms with Crippen LogP contribution in [0.3, 0.4) is 0 Å². The van der Waals surface area contributed by atoms with Gasteiger partial charge in [0.2, 0.25) is 0 Å². The Morgan fingerprint density at radius 1 is 1.08 bits per heavy atom. The molecule has 0 saturated carbocycles. The van der Waals surface area contributed by atoms with Gasteiger partial charge >= 0.3 is 0 Å². The van der Waals surface area contributed by atoms with Gasteiger partial charge < -0.3 is 0 Å². The quantitative estimate of drug-likeness (QED) is 0.532. The van der Waals surface area contributed by atoms with Crippen LogP contribution in [0.15, 0.2) is 52.7 Å². The Balaban J connectivity index is 0.000000396. The highest BCUT2D eigenvalue weighted by atomic mass is 14.7. The normalized spacial score (nSPS) is 17.7. The molecule has 0 amide bonds. The lowest BCUT2D eigenvalue weighted by atomic mass is 10.1. The van der Waals surface area contributed by atoms with E-state index < -0.39 is 0 Å². The number of nitrogens with zero attached hydrogens (tertiary/aromatic N) is 1. The van der Waals surface area contributed by atoms with E-state index in [2.05, 4.69) is 17.1 Å². The van der Waals surface area contributed by atoms with Crippen molar-refractivity contribution in [3.8, 4) is 0 Å². The second kappa shape index (κ2) is 5.31. The van der Waals surface area contributed by atoms with E-state index in [0.717, 1.165) is 12.1 Å². The monoisotopic (exact) mass is 173 g/mol. The summed E-state index contributed by atoms with van der Waals surface area (Å²) < 4.78 is 0. The van der Waals surface area contributed by atoms with E-state index in [4.69, 9.17) is 0 Å². The van der Waals surface area contributed by atoms with Gasteiger partial charge in [-0.05, 0) is 17.7 Å². The lowest BCUT2D eigenvalue weighted by Crippen LogP contribution is -1.78. The van der Waals surface area contributed by atoms with Crippen LogP contribution in [-0.2, 0) is 0 Å². The van der Waals surface area contributed by atoms with Crippen LogP contribution in [0.25, 0.3) is 0 Å². The molecule has 1 nitrogen and oxygen atoms in total. The summed E-state index contributed by atoms with van der Waals surface area (Å²) in [6.45, 7) is 4.00. The van der Waals surface area contributed by atoms with E-state index in [1.165, 1.54) is 5.57 Å². The van der Waals surface area contributed by atoms with Crippen LogP contribution >= 0.6 is 0 Å². The van der Waals surface area contributed by atoms with Gasteiger partial charge in [0, 0.05) is 18.3 Å². The van der Waals surface area contributed by atoms with E-state index in [1.54, 1.807) is 0 Å². The summed E-state index contributed by atoms with van der Waals surface area (Å²) in [6.07, 6.45) is 15.1. The summed E-state index contributed by atoms with van der Waals surface area (Å²) in [5.74, 6) is 0. The molecule has 2 bridgehead atoms. The minimum absolute atomic E-state index is 0.958. The first-order chi connectivity index (χ1) is 6.45. The number of hydrogen-bond acceptors (Lipinski definition) is 1. The van der Waals surface area contributed by atoms with E-state index in [-0.39, 0.29) is 0 Å². The molecule has 0 unspecified atom stereocenters. The highest BCUT2D eigenvalue weighted by molar-refractivity contribution is 5.74. The van der Waals surface area contributed by atoms with Gasteiger partial charge in [0.1, 0.15) is 0 Å². The summed E-state index contributed by atoms with van der Waals surface area (Å²) >= 11 is 0. The largest absolute Gasteiger partial charge is 0.261 e. The Kier molecular flexibility index (Phi) is 3.97. The predicted octanol–water partition coefficient (Wildman–Crippen LogP) is 3.42. The Hall–Kier alpha value is -1.37. The predicted molar refractivity (Wildman–Crippen MR) is 58.9 cm³/mol. The van der Waals surface area contributed by atoms with Crippen molar-refractivity contribution in [3.63, 3.8) is 0 Å². The second-order valence-corrected chi connectivity index (χ2v) is 2.60. The molecule has 0 radical (unpaired) electrons. The Labute approximate surface area is 79.9 Å². The zero-order chi connectivity index (χ0) is 9.52. The molecule has 0 aromatic rings. The molecule has 1 heteroatoms. The fourth-order valence-corrected chi connectivity index (χ4v) is 1.18. The fraction of sp³-hybridized carbons (Fsp3) is 0.250. The van der Waals surface area contributed by atoms with Crippen molar-refractivity contribution in [3.05, 3.63) is 47.7 Å². The van der Waals surface area contributed by atoms with Crippen molar-refractivity contribution >= 4 is 6.21 Å². The smallest absolute Gasteiger partial charge is 0.0447 e. The van der Waals surface area contributed by atoms with Gasteiger partial charge in [0.25, 0.3) is 0 Å². The summed E-state index contributed by atoms with van der Waals surface area (Å²) in [4.78, 5) is 4.26. The minimum atomic E-state index is 0.958. The Morgan fingerprint density at radius 3 is 2.69 bits per heavy atom. The van der Waals surface area contributed by atoms with Crippen LogP contribution in [0.5, 0.6) is 0 Å². The van der Waals surface area contributed by atoms with Crippen molar-refractivity contribution < 1.29 is 0 Å². The van der Waals surface area contributed by atoms with Gasteiger partial charge in [-0.3, -0.25) is 4.99 Å². The maximum atomic E-state index is 4.26. The molecular weight excluding hydrogens is 158 g/mol. The number of allylic oxidation sites excluding steroid dienone is 7. The van der Waals surface area contributed by atoms with Gasteiger partial charge in [0.05, 0.1) is 0 Å². The van der Waals surface area contributed by atoms with Crippen molar-refractivity contribution in [1.29, 1.82) is 0 Å². The molecule has 0 aromatic carbocycles. The molecular formula is C12H15N. The number of aliphatic imine (C=N–C) groups is 1. The first-order valence-corrected chi connectivity index (χ1v) is 4.72. The SMILES string of the molecule is C1=CC=C2CC(=C1)C=CC=N2.CC. The Morgan fingerprint density at radius 2 is 1.85 bits per heavy atom. The summed E-state index contributed by atoms with van der Waals surface area (Å²) in [7, 11) is 0. The van der Waals surface area contributed by atoms with Gasteiger partial charge in [-0.1, -0.05) is 38.2 Å². The molecule has 2 aliphatic rings. The molecule has 0 fully saturated rings. The van der Waals surface area contributed by atoms with Crippen molar-refractivity contribution in [1.82, 2.24) is 0 Å². The topological polar surface area (TPSA) is 12.4 Å². The second-order valence-electron chi connectivity index (χ2n) is 2.60. The van der Waals surface area contributed by atoms with Crippen LogP contribution in [0, 0.1) is 0 Å². The summed E-state index contributed by atoms with van der Waals surface area (Å²) in [5.41, 5.74) is 2.46. The van der Waals surface area contributed by atoms with Crippen LogP contribution in [0.4, 0.5) is 0 Å². The van der Waals surface area contributed by atoms with Gasteiger partial charge in [0.15, 0.2) is 0 Å². The molecule has 1 aliphatic carbocycles. The molecule has 0 saturated heterocycles. The van der Waals surface area contributed by atoms with E-state index in [0.29, 0.717) is 0 Å². The molecule has 1 heterocycles. The van der Waals surface area contributed by atoms with Gasteiger partial charge in [-0.25, -0.2) is 0 Å². The highest BCUT2D eigenvalue weighted by Crippen LogP contribution is 2.18. The average molecular weight is 173 g/mol. The van der Waals surface area contributed by atoms with Crippen molar-refractivity contribution in [2.75, 3.05) is 0 Å². The molecule has 1 aliphatic heterocycles. The minimum Gasteiger partial charge on any atom is -0.261 e. The van der Waals surface area contributed by atoms with Crippen molar-refractivity contribution in [2.24, 2.45) is 4.99 Å². The molecule has 2 rings (SSSR count). The number of hydrogen-bond donors (Lipinski definition) is 0. The third-order valence-corrected chi connectivity index (χ3v) is 1.73. The van der Waals surface area contributed by atoms with Crippen LogP contribution in [0.2, 0.25) is 0 Å². The number of fused-ring (bicyclic) bond motifs is 2. The number of rotatable bonds is 0. The molecule has 0 spiro atoms. The van der Waals surface area contributed by atoms with E-state index in [1.807, 2.05) is 44.4 Å². The van der Waals surface area contributed by atoms with E-state index in [9.17, 15) is 0 Å². The Bertz CT molecular complexity index is 271. The summed E-state index contributed by atoms with van der Waals surface area (Å²) in [5, 5.41) is 0. The lowest BCUT2D eigenvalue weighted by Gasteiger charge is -1.96. The standard InChI is InChI=1S/C10H9N.C2H6/c1-2-6-10-8-9(4-1)5-3-7-11-10;1-2/h1-7H,8H2;1-2H3. The zero-order valence-electron chi connectivity index (χ0n) is 8.20. The fourth-order valence-electron chi connectivity index (χ4n) is 1.18. The molecule has 0 atom stereocenters. The van der Waals surface area contributed by atoms with Crippen LogP contribution in [0.1, 0.15) is 20.3 Å². The maximum Gasteiger partial charge on any atom is 0.0447 e.